The lowest BCUT2D eigenvalue weighted by molar-refractivity contribution is 0.817. The quantitative estimate of drug-likeness (QED) is 0.828. The normalized spacial score (nSPS) is 10.2. The molecule has 3 N–H and O–H groups in total. The monoisotopic (exact) mass is 257 g/mol. The lowest BCUT2D eigenvalue weighted by atomic mass is 10.3. The number of likely N-dealkylation sites (N-methyl/N-ethyl adjacent to an activating group) is 1. The summed E-state index contributed by atoms with van der Waals surface area (Å²) in [5.41, 5.74) is 6.33. The zero-order valence-corrected chi connectivity index (χ0v) is 11.1. The van der Waals surface area contributed by atoms with Gasteiger partial charge in [-0.1, -0.05) is 6.07 Å². The maximum Gasteiger partial charge on any atom is 0.128 e. The number of aromatic nitrogens is 2. The van der Waals surface area contributed by atoms with Gasteiger partial charge < -0.3 is 16.0 Å². The van der Waals surface area contributed by atoms with E-state index in [1.807, 2.05) is 30.3 Å². The van der Waals surface area contributed by atoms with Crippen LogP contribution in [0.1, 0.15) is 6.92 Å². The number of hydrogen-bond acceptors (Lipinski definition) is 5. The van der Waals surface area contributed by atoms with Gasteiger partial charge in [0.15, 0.2) is 0 Å². The second kappa shape index (κ2) is 6.58. The number of pyridine rings is 2. The van der Waals surface area contributed by atoms with Gasteiger partial charge >= 0.3 is 0 Å². The summed E-state index contributed by atoms with van der Waals surface area (Å²) in [4.78, 5) is 10.7. The highest BCUT2D eigenvalue weighted by atomic mass is 15.2. The van der Waals surface area contributed by atoms with Gasteiger partial charge in [-0.05, 0) is 31.2 Å². The van der Waals surface area contributed by atoms with Gasteiger partial charge in [0.05, 0.1) is 11.9 Å². The Labute approximate surface area is 113 Å². The fourth-order valence-electron chi connectivity index (χ4n) is 1.81. The summed E-state index contributed by atoms with van der Waals surface area (Å²) in [7, 11) is 0. The van der Waals surface area contributed by atoms with E-state index < -0.39 is 0 Å². The first-order valence-corrected chi connectivity index (χ1v) is 6.41. The average molecular weight is 257 g/mol. The Kier molecular flexibility index (Phi) is 4.55. The number of hydrogen-bond donors (Lipinski definition) is 2. The molecular formula is C14H19N5. The molecule has 0 saturated carbocycles. The second-order valence-corrected chi connectivity index (χ2v) is 4.17. The number of nitrogen functional groups attached to an aromatic ring is 1. The molecule has 0 aromatic carbocycles. The molecule has 0 spiro atoms. The lowest BCUT2D eigenvalue weighted by Gasteiger charge is -2.22. The summed E-state index contributed by atoms with van der Waals surface area (Å²) in [6.45, 7) is 4.69. The van der Waals surface area contributed by atoms with Crippen LogP contribution in [0.25, 0.3) is 0 Å². The number of anilines is 3. The van der Waals surface area contributed by atoms with E-state index in [9.17, 15) is 0 Å². The Bertz CT molecular complexity index is 483. The van der Waals surface area contributed by atoms with E-state index in [1.54, 1.807) is 12.4 Å². The topological polar surface area (TPSA) is 67.1 Å². The molecule has 0 atom stereocenters. The zero-order chi connectivity index (χ0) is 13.5. The Morgan fingerprint density at radius 3 is 2.74 bits per heavy atom. The molecule has 0 radical (unpaired) electrons. The molecule has 5 heteroatoms. The summed E-state index contributed by atoms with van der Waals surface area (Å²) < 4.78 is 0. The van der Waals surface area contributed by atoms with Crippen LogP contribution in [-0.4, -0.2) is 29.6 Å². The van der Waals surface area contributed by atoms with Gasteiger partial charge in [-0.3, -0.25) is 0 Å². The molecule has 0 aliphatic heterocycles. The Morgan fingerprint density at radius 2 is 2.11 bits per heavy atom. The summed E-state index contributed by atoms with van der Waals surface area (Å²) in [5, 5.41) is 3.29. The second-order valence-electron chi connectivity index (χ2n) is 4.17. The van der Waals surface area contributed by atoms with Gasteiger partial charge in [0.25, 0.3) is 0 Å². The smallest absolute Gasteiger partial charge is 0.128 e. The Balaban J connectivity index is 1.87. The van der Waals surface area contributed by atoms with Crippen LogP contribution in [0.3, 0.4) is 0 Å². The largest absolute Gasteiger partial charge is 0.397 e. The highest BCUT2D eigenvalue weighted by molar-refractivity contribution is 5.46. The maximum absolute atomic E-state index is 5.64. The molecule has 0 bridgehead atoms. The number of nitrogens with two attached hydrogens (primary N) is 1. The van der Waals surface area contributed by atoms with Gasteiger partial charge in [0, 0.05) is 25.8 Å². The molecular weight excluding hydrogens is 238 g/mol. The van der Waals surface area contributed by atoms with Gasteiger partial charge in [-0.2, -0.15) is 0 Å². The first-order valence-electron chi connectivity index (χ1n) is 6.41. The molecule has 0 fully saturated rings. The fraction of sp³-hybridized carbons (Fsp3) is 0.286. The van der Waals surface area contributed by atoms with Gasteiger partial charge in [-0.25, -0.2) is 9.97 Å². The molecule has 19 heavy (non-hydrogen) atoms. The molecule has 2 rings (SSSR count). The lowest BCUT2D eigenvalue weighted by Crippen LogP contribution is -2.29. The van der Waals surface area contributed by atoms with Crippen molar-refractivity contribution in [3.05, 3.63) is 42.7 Å². The van der Waals surface area contributed by atoms with E-state index in [2.05, 4.69) is 27.1 Å². The highest BCUT2D eigenvalue weighted by Crippen LogP contribution is 2.11. The Hall–Kier alpha value is -2.30. The third-order valence-corrected chi connectivity index (χ3v) is 2.83. The van der Waals surface area contributed by atoms with Gasteiger partial charge in [-0.15, -0.1) is 0 Å². The van der Waals surface area contributed by atoms with E-state index in [0.717, 1.165) is 31.3 Å². The molecule has 0 aliphatic carbocycles. The minimum absolute atomic E-state index is 0.686. The summed E-state index contributed by atoms with van der Waals surface area (Å²) >= 11 is 0. The van der Waals surface area contributed by atoms with E-state index in [4.69, 9.17) is 5.73 Å². The molecule has 0 unspecified atom stereocenters. The minimum Gasteiger partial charge on any atom is -0.397 e. The molecule has 100 valence electrons. The SMILES string of the molecule is CCN(CCNc1ccccn1)c1ccc(N)cn1. The highest BCUT2D eigenvalue weighted by Gasteiger charge is 2.04. The van der Waals surface area contributed by atoms with Crippen molar-refractivity contribution in [2.45, 2.75) is 6.92 Å². The summed E-state index contributed by atoms with van der Waals surface area (Å²) in [6, 6.07) is 9.64. The van der Waals surface area contributed by atoms with Crippen LogP contribution in [0.15, 0.2) is 42.7 Å². The average Bonchev–Trinajstić information content (AvgIpc) is 2.46. The summed E-state index contributed by atoms with van der Waals surface area (Å²) in [5.74, 6) is 1.84. The zero-order valence-electron chi connectivity index (χ0n) is 11.1. The standard InChI is InChI=1S/C14H19N5/c1-2-19(14-7-6-12(15)11-18-14)10-9-17-13-5-3-4-8-16-13/h3-8,11H,2,9-10,15H2,1H3,(H,16,17). The molecule has 2 aromatic heterocycles. The van der Waals surface area contributed by atoms with Crippen molar-refractivity contribution in [3.8, 4) is 0 Å². The van der Waals surface area contributed by atoms with Crippen LogP contribution >= 0.6 is 0 Å². The molecule has 0 saturated heterocycles. The Morgan fingerprint density at radius 1 is 1.21 bits per heavy atom. The van der Waals surface area contributed by atoms with Crippen LogP contribution in [0.5, 0.6) is 0 Å². The number of nitrogens with zero attached hydrogens (tertiary/aromatic N) is 3. The minimum atomic E-state index is 0.686. The van der Waals surface area contributed by atoms with E-state index in [1.165, 1.54) is 0 Å². The van der Waals surface area contributed by atoms with Crippen LogP contribution in [0, 0.1) is 0 Å². The van der Waals surface area contributed by atoms with Crippen molar-refractivity contribution in [1.29, 1.82) is 0 Å². The van der Waals surface area contributed by atoms with E-state index in [0.29, 0.717) is 5.69 Å². The van der Waals surface area contributed by atoms with Gasteiger partial charge in [0.1, 0.15) is 11.6 Å². The van der Waals surface area contributed by atoms with Gasteiger partial charge in [0.2, 0.25) is 0 Å². The van der Waals surface area contributed by atoms with Crippen molar-refractivity contribution in [2.75, 3.05) is 35.6 Å². The third-order valence-electron chi connectivity index (χ3n) is 2.83. The van der Waals surface area contributed by atoms with Crippen LogP contribution in [-0.2, 0) is 0 Å². The predicted octanol–water partition coefficient (Wildman–Crippen LogP) is 2.00. The van der Waals surface area contributed by atoms with E-state index >= 15 is 0 Å². The number of rotatable bonds is 6. The van der Waals surface area contributed by atoms with Crippen molar-refractivity contribution in [1.82, 2.24) is 9.97 Å². The predicted molar refractivity (Wildman–Crippen MR) is 79.3 cm³/mol. The number of nitrogens with one attached hydrogen (secondary N) is 1. The van der Waals surface area contributed by atoms with E-state index in [-0.39, 0.29) is 0 Å². The van der Waals surface area contributed by atoms with Crippen LogP contribution in [0.2, 0.25) is 0 Å². The molecule has 2 heterocycles. The fourth-order valence-corrected chi connectivity index (χ4v) is 1.81. The first-order chi connectivity index (χ1) is 9.29. The third kappa shape index (κ3) is 3.84. The van der Waals surface area contributed by atoms with Crippen molar-refractivity contribution >= 4 is 17.3 Å². The van der Waals surface area contributed by atoms with Crippen LogP contribution in [0.4, 0.5) is 17.3 Å². The molecule has 5 nitrogen and oxygen atoms in total. The van der Waals surface area contributed by atoms with Crippen molar-refractivity contribution < 1.29 is 0 Å². The summed E-state index contributed by atoms with van der Waals surface area (Å²) in [6.07, 6.45) is 3.46. The van der Waals surface area contributed by atoms with Crippen LogP contribution < -0.4 is 16.0 Å². The van der Waals surface area contributed by atoms with Crippen molar-refractivity contribution in [2.24, 2.45) is 0 Å². The molecule has 0 amide bonds. The van der Waals surface area contributed by atoms with Crippen molar-refractivity contribution in [3.63, 3.8) is 0 Å². The molecule has 0 aliphatic rings. The first kappa shape index (κ1) is 13.1. The molecule has 2 aromatic rings. The maximum atomic E-state index is 5.64.